The Kier molecular flexibility index (Phi) is 3.13. The topological polar surface area (TPSA) is 21.3 Å². The molecule has 2 nitrogen and oxygen atoms in total. The molecule has 4 aliphatic rings. The van der Waals surface area contributed by atoms with Crippen LogP contribution in [0.2, 0.25) is 0 Å². The first-order chi connectivity index (χ1) is 9.81. The largest absolute Gasteiger partial charge is 0.494 e. The molecule has 0 amide bonds. The molecule has 0 unspecified atom stereocenters. The summed E-state index contributed by atoms with van der Waals surface area (Å²) < 4.78 is 5.61. The predicted octanol–water partition coefficient (Wildman–Crippen LogP) is 4.32. The van der Waals surface area contributed by atoms with Crippen LogP contribution in [0.3, 0.4) is 0 Å². The second-order valence-electron chi connectivity index (χ2n) is 7.06. The van der Waals surface area contributed by atoms with Crippen LogP contribution < -0.4 is 10.1 Å². The molecule has 0 radical (unpaired) electrons. The Balaban J connectivity index is 1.50. The molecular weight excluding hydrogens is 246 g/mol. The van der Waals surface area contributed by atoms with Crippen molar-refractivity contribution in [1.29, 1.82) is 0 Å². The molecule has 0 heterocycles. The van der Waals surface area contributed by atoms with Gasteiger partial charge >= 0.3 is 0 Å². The monoisotopic (exact) mass is 271 g/mol. The number of hydrogen-bond acceptors (Lipinski definition) is 2. The smallest absolute Gasteiger partial charge is 0.121 e. The Bertz CT molecular complexity index is 456. The first-order valence-electron chi connectivity index (χ1n) is 8.31. The second-order valence-corrected chi connectivity index (χ2v) is 7.06. The van der Waals surface area contributed by atoms with Crippen LogP contribution in [-0.4, -0.2) is 12.6 Å². The zero-order valence-corrected chi connectivity index (χ0v) is 12.3. The lowest BCUT2D eigenvalue weighted by Crippen LogP contribution is -2.51. The fourth-order valence-corrected chi connectivity index (χ4v) is 5.20. The molecule has 4 saturated carbocycles. The maximum atomic E-state index is 5.61. The van der Waals surface area contributed by atoms with Gasteiger partial charge in [0.1, 0.15) is 5.75 Å². The van der Waals surface area contributed by atoms with Crippen LogP contribution in [0, 0.1) is 23.7 Å². The Hall–Kier alpha value is -1.18. The van der Waals surface area contributed by atoms with Crippen molar-refractivity contribution in [1.82, 2.24) is 0 Å². The lowest BCUT2D eigenvalue weighted by atomic mass is 9.54. The van der Waals surface area contributed by atoms with Crippen LogP contribution in [0.15, 0.2) is 24.3 Å². The zero-order valence-electron chi connectivity index (χ0n) is 12.3. The van der Waals surface area contributed by atoms with E-state index in [0.717, 1.165) is 36.0 Å². The van der Waals surface area contributed by atoms with Gasteiger partial charge < -0.3 is 10.1 Å². The van der Waals surface area contributed by atoms with Crippen molar-refractivity contribution < 1.29 is 4.74 Å². The van der Waals surface area contributed by atoms with Gasteiger partial charge in [0.15, 0.2) is 0 Å². The van der Waals surface area contributed by atoms with E-state index in [4.69, 9.17) is 4.74 Å². The Morgan fingerprint density at radius 3 is 2.40 bits per heavy atom. The molecule has 0 aromatic heterocycles. The molecule has 4 aliphatic carbocycles. The van der Waals surface area contributed by atoms with Crippen LogP contribution in [0.25, 0.3) is 0 Å². The Labute approximate surface area is 121 Å². The van der Waals surface area contributed by atoms with Gasteiger partial charge in [-0.25, -0.2) is 0 Å². The minimum atomic E-state index is 0.708. The zero-order chi connectivity index (χ0) is 13.5. The standard InChI is InChI=1S/C18H25NO/c1-2-20-17-5-3-4-16(11-17)19-18-14-7-12-6-13(9-14)10-15(18)8-12/h3-5,11-15,18-19H,2,6-10H2,1H3. The van der Waals surface area contributed by atoms with Crippen molar-refractivity contribution in [2.45, 2.75) is 45.1 Å². The van der Waals surface area contributed by atoms with E-state index < -0.39 is 0 Å². The molecule has 20 heavy (non-hydrogen) atoms. The summed E-state index contributed by atoms with van der Waals surface area (Å²) in [5.41, 5.74) is 1.24. The SMILES string of the molecule is CCOc1cccc(NC2C3CC4CC(C3)CC2C4)c1. The van der Waals surface area contributed by atoms with Gasteiger partial charge in [0.25, 0.3) is 0 Å². The summed E-state index contributed by atoms with van der Waals surface area (Å²) in [5, 5.41) is 3.84. The van der Waals surface area contributed by atoms with E-state index >= 15 is 0 Å². The van der Waals surface area contributed by atoms with Gasteiger partial charge in [-0.05, 0) is 74.8 Å². The van der Waals surface area contributed by atoms with Crippen molar-refractivity contribution in [3.8, 4) is 5.75 Å². The second kappa shape index (κ2) is 4.98. The minimum absolute atomic E-state index is 0.708. The van der Waals surface area contributed by atoms with Gasteiger partial charge in [-0.2, -0.15) is 0 Å². The summed E-state index contributed by atoms with van der Waals surface area (Å²) in [5.74, 6) is 4.92. The highest BCUT2D eigenvalue weighted by atomic mass is 16.5. The lowest BCUT2D eigenvalue weighted by Gasteiger charge is -2.54. The molecule has 0 spiro atoms. The molecule has 2 heteroatoms. The maximum Gasteiger partial charge on any atom is 0.121 e. The van der Waals surface area contributed by atoms with E-state index in [9.17, 15) is 0 Å². The third-order valence-corrected chi connectivity index (χ3v) is 5.71. The van der Waals surface area contributed by atoms with Crippen molar-refractivity contribution >= 4 is 5.69 Å². The lowest BCUT2D eigenvalue weighted by molar-refractivity contribution is 0.00753. The quantitative estimate of drug-likeness (QED) is 0.880. The summed E-state index contributed by atoms with van der Waals surface area (Å²) in [6.45, 7) is 2.78. The van der Waals surface area contributed by atoms with Crippen molar-refractivity contribution in [3.63, 3.8) is 0 Å². The summed E-state index contributed by atoms with van der Waals surface area (Å²) in [6, 6.07) is 9.21. The highest BCUT2D eigenvalue weighted by Gasteiger charge is 2.48. The molecule has 108 valence electrons. The van der Waals surface area contributed by atoms with Crippen molar-refractivity contribution in [3.05, 3.63) is 24.3 Å². The highest BCUT2D eigenvalue weighted by molar-refractivity contribution is 5.49. The number of benzene rings is 1. The van der Waals surface area contributed by atoms with E-state index in [1.54, 1.807) is 0 Å². The van der Waals surface area contributed by atoms with Crippen LogP contribution in [0.4, 0.5) is 5.69 Å². The number of rotatable bonds is 4. The first kappa shape index (κ1) is 12.6. The van der Waals surface area contributed by atoms with Gasteiger partial charge in [-0.15, -0.1) is 0 Å². The minimum Gasteiger partial charge on any atom is -0.494 e. The van der Waals surface area contributed by atoms with Gasteiger partial charge in [-0.3, -0.25) is 0 Å². The molecule has 0 atom stereocenters. The van der Waals surface area contributed by atoms with Crippen molar-refractivity contribution in [2.24, 2.45) is 23.7 Å². The van der Waals surface area contributed by atoms with E-state index in [2.05, 4.69) is 23.5 Å². The van der Waals surface area contributed by atoms with E-state index in [0.29, 0.717) is 6.04 Å². The molecule has 5 rings (SSSR count). The van der Waals surface area contributed by atoms with Gasteiger partial charge in [-0.1, -0.05) is 6.07 Å². The number of ether oxygens (including phenoxy) is 1. The highest BCUT2D eigenvalue weighted by Crippen LogP contribution is 2.54. The number of anilines is 1. The van der Waals surface area contributed by atoms with E-state index in [1.807, 2.05) is 13.0 Å². The Morgan fingerprint density at radius 2 is 1.75 bits per heavy atom. The Morgan fingerprint density at radius 1 is 1.05 bits per heavy atom. The fraction of sp³-hybridized carbons (Fsp3) is 0.667. The molecule has 1 N–H and O–H groups in total. The van der Waals surface area contributed by atoms with Gasteiger partial charge in [0.05, 0.1) is 6.61 Å². The maximum absolute atomic E-state index is 5.61. The van der Waals surface area contributed by atoms with Crippen LogP contribution in [0.1, 0.15) is 39.0 Å². The van der Waals surface area contributed by atoms with E-state index in [-0.39, 0.29) is 0 Å². The molecule has 4 bridgehead atoms. The average Bonchev–Trinajstić information content (AvgIpc) is 2.43. The summed E-state index contributed by atoms with van der Waals surface area (Å²) in [6.07, 6.45) is 7.40. The first-order valence-corrected chi connectivity index (χ1v) is 8.31. The summed E-state index contributed by atoms with van der Waals surface area (Å²) in [4.78, 5) is 0. The number of hydrogen-bond donors (Lipinski definition) is 1. The summed E-state index contributed by atoms with van der Waals surface area (Å²) in [7, 11) is 0. The normalized spacial score (nSPS) is 38.0. The van der Waals surface area contributed by atoms with Gasteiger partial charge in [0, 0.05) is 17.8 Å². The third-order valence-electron chi connectivity index (χ3n) is 5.71. The molecule has 4 fully saturated rings. The van der Waals surface area contributed by atoms with Gasteiger partial charge in [0.2, 0.25) is 0 Å². The van der Waals surface area contributed by atoms with Crippen LogP contribution in [-0.2, 0) is 0 Å². The molecular formula is C18H25NO. The van der Waals surface area contributed by atoms with Crippen molar-refractivity contribution in [2.75, 3.05) is 11.9 Å². The van der Waals surface area contributed by atoms with Crippen LogP contribution >= 0.6 is 0 Å². The number of nitrogens with one attached hydrogen (secondary N) is 1. The third kappa shape index (κ3) is 2.19. The van der Waals surface area contributed by atoms with E-state index in [1.165, 1.54) is 37.8 Å². The molecule has 0 aliphatic heterocycles. The average molecular weight is 271 g/mol. The molecule has 0 saturated heterocycles. The predicted molar refractivity (Wildman–Crippen MR) is 82.1 cm³/mol. The summed E-state index contributed by atoms with van der Waals surface area (Å²) >= 11 is 0. The van der Waals surface area contributed by atoms with Crippen LogP contribution in [0.5, 0.6) is 5.75 Å². The molecule has 1 aromatic rings. The molecule has 1 aromatic carbocycles. The fourth-order valence-electron chi connectivity index (χ4n) is 5.20.